The average Bonchev–Trinajstić information content (AvgIpc) is 2.78. The summed E-state index contributed by atoms with van der Waals surface area (Å²) < 4.78 is 0. The van der Waals surface area contributed by atoms with Crippen molar-refractivity contribution in [3.63, 3.8) is 0 Å². The number of anilines is 3. The van der Waals surface area contributed by atoms with E-state index in [2.05, 4.69) is 73.3 Å². The van der Waals surface area contributed by atoms with E-state index < -0.39 is 0 Å². The van der Waals surface area contributed by atoms with Gasteiger partial charge in [-0.1, -0.05) is 50.2 Å². The predicted molar refractivity (Wildman–Crippen MR) is 133 cm³/mol. The number of nitrogen functional groups attached to an aromatic ring is 2. The highest BCUT2D eigenvalue weighted by Crippen LogP contribution is 2.51. The van der Waals surface area contributed by atoms with Crippen molar-refractivity contribution in [2.75, 3.05) is 22.9 Å². The number of nitrogens with zero attached hydrogens (tertiary/aromatic N) is 1. The van der Waals surface area contributed by atoms with Gasteiger partial charge in [-0.2, -0.15) is 0 Å². The maximum absolute atomic E-state index is 6.45. The quantitative estimate of drug-likeness (QED) is 0.445. The van der Waals surface area contributed by atoms with E-state index in [0.29, 0.717) is 12.6 Å². The van der Waals surface area contributed by atoms with E-state index in [4.69, 9.17) is 17.2 Å². The molecule has 0 saturated heterocycles. The predicted octanol–water partition coefficient (Wildman–Crippen LogP) is 5.51. The van der Waals surface area contributed by atoms with Crippen LogP contribution in [0.3, 0.4) is 0 Å². The van der Waals surface area contributed by atoms with Crippen molar-refractivity contribution in [1.82, 2.24) is 0 Å². The summed E-state index contributed by atoms with van der Waals surface area (Å²) in [6, 6.07) is 21.9. The number of nitrogens with two attached hydrogens (primary N) is 3. The van der Waals surface area contributed by atoms with Gasteiger partial charge < -0.3 is 22.1 Å². The Kier molecular flexibility index (Phi) is 6.19. The zero-order valence-electron chi connectivity index (χ0n) is 18.6. The summed E-state index contributed by atoms with van der Waals surface area (Å²) in [5.41, 5.74) is 27.8. The third-order valence-electron chi connectivity index (χ3n) is 6.52. The summed E-state index contributed by atoms with van der Waals surface area (Å²) in [4.78, 5) is 2.59. The van der Waals surface area contributed by atoms with Gasteiger partial charge in [0.1, 0.15) is 0 Å². The van der Waals surface area contributed by atoms with Crippen molar-refractivity contribution in [3.8, 4) is 11.1 Å². The lowest BCUT2D eigenvalue weighted by Crippen LogP contribution is -2.41. The minimum atomic E-state index is 0.0984. The Morgan fingerprint density at radius 3 is 2.32 bits per heavy atom. The SMILES string of the molecule is CCC(CC)N1c2cc(N)cc(CCCN)c2-c2ccc(N)cc2C1c1ccccc1. The Morgan fingerprint density at radius 2 is 1.65 bits per heavy atom. The third kappa shape index (κ3) is 3.88. The monoisotopic (exact) mass is 414 g/mol. The summed E-state index contributed by atoms with van der Waals surface area (Å²) in [6.45, 7) is 5.21. The molecular weight excluding hydrogens is 380 g/mol. The van der Waals surface area contributed by atoms with Gasteiger partial charge in [0.05, 0.1) is 6.04 Å². The molecule has 31 heavy (non-hydrogen) atoms. The fourth-order valence-electron chi connectivity index (χ4n) is 5.10. The second-order valence-electron chi connectivity index (χ2n) is 8.50. The molecule has 3 aromatic rings. The summed E-state index contributed by atoms with van der Waals surface area (Å²) in [5, 5.41) is 0. The van der Waals surface area contributed by atoms with Crippen LogP contribution in [-0.4, -0.2) is 12.6 Å². The molecule has 3 aromatic carbocycles. The van der Waals surface area contributed by atoms with E-state index in [0.717, 1.165) is 37.1 Å². The lowest BCUT2D eigenvalue weighted by molar-refractivity contribution is 0.519. The van der Waals surface area contributed by atoms with Gasteiger partial charge in [0.2, 0.25) is 0 Å². The number of hydrogen-bond acceptors (Lipinski definition) is 4. The number of benzene rings is 3. The van der Waals surface area contributed by atoms with Crippen LogP contribution in [0.2, 0.25) is 0 Å². The molecule has 1 aliphatic rings. The topological polar surface area (TPSA) is 81.3 Å². The van der Waals surface area contributed by atoms with E-state index in [1.165, 1.54) is 33.5 Å². The van der Waals surface area contributed by atoms with Gasteiger partial charge in [-0.25, -0.2) is 0 Å². The smallest absolute Gasteiger partial charge is 0.0806 e. The molecule has 4 nitrogen and oxygen atoms in total. The normalized spacial score (nSPS) is 15.1. The van der Waals surface area contributed by atoms with Gasteiger partial charge in [-0.15, -0.1) is 0 Å². The van der Waals surface area contributed by atoms with Crippen molar-refractivity contribution in [2.24, 2.45) is 5.73 Å². The van der Waals surface area contributed by atoms with Gasteiger partial charge in [0, 0.05) is 28.7 Å². The molecule has 1 unspecified atom stereocenters. The molecule has 1 aliphatic heterocycles. The van der Waals surface area contributed by atoms with Gasteiger partial charge >= 0.3 is 0 Å². The number of fused-ring (bicyclic) bond motifs is 3. The molecule has 0 spiro atoms. The molecule has 0 bridgehead atoms. The Hall–Kier alpha value is -2.98. The van der Waals surface area contributed by atoms with E-state index in [1.54, 1.807) is 0 Å². The third-order valence-corrected chi connectivity index (χ3v) is 6.52. The first-order chi connectivity index (χ1) is 15.1. The van der Waals surface area contributed by atoms with Crippen molar-refractivity contribution in [3.05, 3.63) is 77.4 Å². The fourth-order valence-corrected chi connectivity index (χ4v) is 5.10. The van der Waals surface area contributed by atoms with E-state index >= 15 is 0 Å². The summed E-state index contributed by atoms with van der Waals surface area (Å²) in [6.07, 6.45) is 3.97. The largest absolute Gasteiger partial charge is 0.399 e. The van der Waals surface area contributed by atoms with Crippen molar-refractivity contribution in [2.45, 2.75) is 51.6 Å². The summed E-state index contributed by atoms with van der Waals surface area (Å²) >= 11 is 0. The van der Waals surface area contributed by atoms with Crippen molar-refractivity contribution >= 4 is 17.1 Å². The summed E-state index contributed by atoms with van der Waals surface area (Å²) in [5.74, 6) is 0. The highest BCUT2D eigenvalue weighted by molar-refractivity contribution is 5.91. The average molecular weight is 415 g/mol. The number of hydrogen-bond donors (Lipinski definition) is 3. The zero-order chi connectivity index (χ0) is 22.0. The number of rotatable bonds is 7. The Balaban J connectivity index is 2.05. The molecule has 6 N–H and O–H groups in total. The molecule has 0 fully saturated rings. The molecule has 1 heterocycles. The summed E-state index contributed by atoms with van der Waals surface area (Å²) in [7, 11) is 0. The van der Waals surface area contributed by atoms with Crippen LogP contribution in [-0.2, 0) is 6.42 Å². The van der Waals surface area contributed by atoms with E-state index in [9.17, 15) is 0 Å². The van der Waals surface area contributed by atoms with E-state index in [1.807, 2.05) is 6.07 Å². The highest BCUT2D eigenvalue weighted by atomic mass is 15.2. The molecule has 0 aliphatic carbocycles. The minimum absolute atomic E-state index is 0.0984. The standard InChI is InChI=1S/C27H34N4/c1-3-22(4-2)31-25-17-21(30)15-19(11-8-14-28)26(25)23-13-12-20(29)16-24(23)27(31)18-9-6-5-7-10-18/h5-7,9-10,12-13,15-17,22,27H,3-4,8,11,14,28-30H2,1-2H3. The molecule has 1 atom stereocenters. The second-order valence-corrected chi connectivity index (χ2v) is 8.50. The number of aryl methyl sites for hydroxylation is 1. The Morgan fingerprint density at radius 1 is 0.903 bits per heavy atom. The lowest BCUT2D eigenvalue weighted by atomic mass is 9.80. The van der Waals surface area contributed by atoms with Crippen LogP contribution in [0, 0.1) is 0 Å². The van der Waals surface area contributed by atoms with Gasteiger partial charge in [0.15, 0.2) is 0 Å². The van der Waals surface area contributed by atoms with Crippen molar-refractivity contribution < 1.29 is 0 Å². The molecule has 4 rings (SSSR count). The first-order valence-electron chi connectivity index (χ1n) is 11.4. The molecule has 162 valence electrons. The molecular formula is C27H34N4. The maximum atomic E-state index is 6.45. The van der Waals surface area contributed by atoms with Crippen LogP contribution in [0.15, 0.2) is 60.7 Å². The Labute approximate surface area is 186 Å². The zero-order valence-corrected chi connectivity index (χ0v) is 18.6. The van der Waals surface area contributed by atoms with Crippen LogP contribution in [0.1, 0.15) is 55.8 Å². The maximum Gasteiger partial charge on any atom is 0.0806 e. The molecule has 0 saturated carbocycles. The fraction of sp³-hybridized carbons (Fsp3) is 0.333. The van der Waals surface area contributed by atoms with Crippen LogP contribution >= 0.6 is 0 Å². The van der Waals surface area contributed by atoms with Gasteiger partial charge in [-0.3, -0.25) is 0 Å². The first kappa shape index (κ1) is 21.3. The van der Waals surface area contributed by atoms with Gasteiger partial charge in [-0.05, 0) is 78.7 Å². The lowest BCUT2D eigenvalue weighted by Gasteiger charge is -2.46. The van der Waals surface area contributed by atoms with Crippen LogP contribution in [0.25, 0.3) is 11.1 Å². The molecule has 4 heteroatoms. The van der Waals surface area contributed by atoms with Crippen LogP contribution in [0.4, 0.5) is 17.1 Å². The van der Waals surface area contributed by atoms with Crippen molar-refractivity contribution in [1.29, 1.82) is 0 Å². The van der Waals surface area contributed by atoms with Crippen LogP contribution < -0.4 is 22.1 Å². The molecule has 0 aromatic heterocycles. The second kappa shape index (κ2) is 9.03. The first-order valence-corrected chi connectivity index (χ1v) is 11.4. The van der Waals surface area contributed by atoms with E-state index in [-0.39, 0.29) is 6.04 Å². The molecule has 0 radical (unpaired) electrons. The minimum Gasteiger partial charge on any atom is -0.399 e. The Bertz CT molecular complexity index is 1040. The van der Waals surface area contributed by atoms with Crippen LogP contribution in [0.5, 0.6) is 0 Å². The van der Waals surface area contributed by atoms with Gasteiger partial charge in [0.25, 0.3) is 0 Å². The molecule has 0 amide bonds. The highest BCUT2D eigenvalue weighted by Gasteiger charge is 2.36.